The van der Waals surface area contributed by atoms with Gasteiger partial charge in [0.25, 0.3) is 0 Å². The molecule has 2 aromatic carbocycles. The van der Waals surface area contributed by atoms with Gasteiger partial charge in [-0.3, -0.25) is 9.20 Å². The number of nitriles is 1. The van der Waals surface area contributed by atoms with E-state index < -0.39 is 11.6 Å². The first-order valence-corrected chi connectivity index (χ1v) is 11.5. The van der Waals surface area contributed by atoms with E-state index in [1.54, 1.807) is 30.5 Å². The van der Waals surface area contributed by atoms with E-state index in [-0.39, 0.29) is 12.5 Å². The number of hydrogen-bond acceptors (Lipinski definition) is 7. The van der Waals surface area contributed by atoms with Crippen molar-refractivity contribution in [2.75, 3.05) is 6.61 Å². The van der Waals surface area contributed by atoms with Crippen LogP contribution < -0.4 is 15.8 Å². The number of nitrogens with zero attached hydrogens (tertiary/aromatic N) is 4. The number of pyridine rings is 1. The van der Waals surface area contributed by atoms with E-state index in [9.17, 15) is 10.1 Å². The SMILES string of the molecule is CC(C)(N)C(=O)N[C@H](COCc1ccccc1)c1nnc2c(OCc3ccccc3)cc(C#N)cn12. The number of nitrogens with two attached hydrogens (primary N) is 1. The van der Waals surface area contributed by atoms with E-state index in [1.807, 2.05) is 60.7 Å². The first-order chi connectivity index (χ1) is 17.3. The molecular formula is C27H28N6O3. The van der Waals surface area contributed by atoms with Crippen LogP contribution in [0.2, 0.25) is 0 Å². The quantitative estimate of drug-likeness (QED) is 0.353. The number of fused-ring (bicyclic) bond motifs is 1. The predicted molar refractivity (Wildman–Crippen MR) is 134 cm³/mol. The van der Waals surface area contributed by atoms with Gasteiger partial charge >= 0.3 is 0 Å². The lowest BCUT2D eigenvalue weighted by Crippen LogP contribution is -2.50. The highest BCUT2D eigenvalue weighted by atomic mass is 16.5. The number of hydrogen-bond donors (Lipinski definition) is 2. The second-order valence-electron chi connectivity index (χ2n) is 8.98. The number of nitrogens with one attached hydrogen (secondary N) is 1. The molecule has 36 heavy (non-hydrogen) atoms. The molecule has 0 aliphatic heterocycles. The van der Waals surface area contributed by atoms with Gasteiger partial charge < -0.3 is 20.5 Å². The maximum atomic E-state index is 12.8. The molecule has 0 spiro atoms. The first-order valence-electron chi connectivity index (χ1n) is 11.5. The van der Waals surface area contributed by atoms with Crippen molar-refractivity contribution in [2.45, 2.75) is 38.6 Å². The Kier molecular flexibility index (Phi) is 7.59. The highest BCUT2D eigenvalue weighted by Crippen LogP contribution is 2.25. The van der Waals surface area contributed by atoms with Crippen LogP contribution in [-0.2, 0) is 22.7 Å². The lowest BCUT2D eigenvalue weighted by Gasteiger charge is -2.23. The summed E-state index contributed by atoms with van der Waals surface area (Å²) in [5.41, 5.74) is 7.67. The largest absolute Gasteiger partial charge is 0.485 e. The third kappa shape index (κ3) is 6.05. The van der Waals surface area contributed by atoms with Crippen LogP contribution in [-0.4, -0.2) is 32.7 Å². The summed E-state index contributed by atoms with van der Waals surface area (Å²) < 4.78 is 13.6. The summed E-state index contributed by atoms with van der Waals surface area (Å²) in [4.78, 5) is 12.8. The summed E-state index contributed by atoms with van der Waals surface area (Å²) in [6.45, 7) is 4.01. The Morgan fingerprint density at radius 2 is 1.72 bits per heavy atom. The molecule has 0 radical (unpaired) electrons. The molecule has 9 heteroatoms. The third-order valence-corrected chi connectivity index (χ3v) is 5.46. The number of aromatic nitrogens is 3. The first kappa shape index (κ1) is 24.9. The zero-order valence-corrected chi connectivity index (χ0v) is 20.2. The minimum atomic E-state index is -1.11. The fourth-order valence-electron chi connectivity index (χ4n) is 3.51. The topological polar surface area (TPSA) is 128 Å². The van der Waals surface area contributed by atoms with Crippen molar-refractivity contribution in [1.29, 1.82) is 5.26 Å². The lowest BCUT2D eigenvalue weighted by molar-refractivity contribution is -0.126. The van der Waals surface area contributed by atoms with Crippen molar-refractivity contribution in [3.8, 4) is 11.8 Å². The second-order valence-corrected chi connectivity index (χ2v) is 8.98. The fraction of sp³-hybridized carbons (Fsp3) is 0.259. The van der Waals surface area contributed by atoms with Crippen molar-refractivity contribution in [3.63, 3.8) is 0 Å². The predicted octanol–water partition coefficient (Wildman–Crippen LogP) is 3.29. The third-order valence-electron chi connectivity index (χ3n) is 5.46. The smallest absolute Gasteiger partial charge is 0.240 e. The summed E-state index contributed by atoms with van der Waals surface area (Å²) in [5.74, 6) is 0.438. The van der Waals surface area contributed by atoms with Gasteiger partial charge in [0.15, 0.2) is 11.6 Å². The standard InChI is InChI=1S/C27H28N6O3/c1-27(2,29)26(34)30-22(18-35-16-19-9-5-3-6-10-19)24-31-32-25-23(13-21(14-28)15-33(24)25)36-17-20-11-7-4-8-12-20/h3-13,15,22H,16-18,29H2,1-2H3,(H,30,34)/t22-/m1/s1. The van der Waals surface area contributed by atoms with Gasteiger partial charge in [0.05, 0.1) is 24.3 Å². The number of benzene rings is 2. The average Bonchev–Trinajstić information content (AvgIpc) is 3.31. The number of ether oxygens (including phenoxy) is 2. The van der Waals surface area contributed by atoms with Gasteiger partial charge in [-0.25, -0.2) is 0 Å². The molecule has 0 aliphatic rings. The van der Waals surface area contributed by atoms with Crippen LogP contribution in [0.1, 0.15) is 42.4 Å². The van der Waals surface area contributed by atoms with E-state index in [1.165, 1.54) is 0 Å². The maximum absolute atomic E-state index is 12.8. The van der Waals surface area contributed by atoms with Gasteiger partial charge in [0, 0.05) is 12.3 Å². The number of rotatable bonds is 10. The molecule has 4 rings (SSSR count). The molecule has 0 saturated heterocycles. The Bertz CT molecular complexity index is 1360. The van der Waals surface area contributed by atoms with E-state index in [4.69, 9.17) is 15.2 Å². The van der Waals surface area contributed by atoms with Crippen LogP contribution in [0.25, 0.3) is 5.65 Å². The van der Waals surface area contributed by atoms with Gasteiger partial charge in [-0.15, -0.1) is 10.2 Å². The average molecular weight is 485 g/mol. The van der Waals surface area contributed by atoms with Gasteiger partial charge in [-0.05, 0) is 25.0 Å². The highest BCUT2D eigenvalue weighted by Gasteiger charge is 2.28. The lowest BCUT2D eigenvalue weighted by atomic mass is 10.1. The maximum Gasteiger partial charge on any atom is 0.240 e. The summed E-state index contributed by atoms with van der Waals surface area (Å²) in [6, 6.07) is 22.5. The monoisotopic (exact) mass is 484 g/mol. The van der Waals surface area contributed by atoms with Crippen molar-refractivity contribution < 1.29 is 14.3 Å². The fourth-order valence-corrected chi connectivity index (χ4v) is 3.51. The Balaban J connectivity index is 1.64. The van der Waals surface area contributed by atoms with Crippen LogP contribution >= 0.6 is 0 Å². The molecule has 0 bridgehead atoms. The molecule has 0 saturated carbocycles. The highest BCUT2D eigenvalue weighted by molar-refractivity contribution is 5.85. The molecule has 9 nitrogen and oxygen atoms in total. The minimum Gasteiger partial charge on any atom is -0.485 e. The summed E-state index contributed by atoms with van der Waals surface area (Å²) >= 11 is 0. The van der Waals surface area contributed by atoms with E-state index in [2.05, 4.69) is 21.6 Å². The zero-order valence-electron chi connectivity index (χ0n) is 20.2. The van der Waals surface area contributed by atoms with Crippen molar-refractivity contribution in [1.82, 2.24) is 19.9 Å². The summed E-state index contributed by atoms with van der Waals surface area (Å²) in [7, 11) is 0. The van der Waals surface area contributed by atoms with Gasteiger partial charge in [0.1, 0.15) is 18.7 Å². The minimum absolute atomic E-state index is 0.120. The Morgan fingerprint density at radius 1 is 1.08 bits per heavy atom. The van der Waals surface area contributed by atoms with Crippen LogP contribution in [0.15, 0.2) is 72.9 Å². The Morgan fingerprint density at radius 3 is 2.33 bits per heavy atom. The van der Waals surface area contributed by atoms with E-state index in [0.29, 0.717) is 36.0 Å². The molecule has 184 valence electrons. The summed E-state index contributed by atoms with van der Waals surface area (Å²) in [5, 5.41) is 21.2. The molecule has 0 fully saturated rings. The van der Waals surface area contributed by atoms with Crippen molar-refractivity contribution >= 4 is 11.6 Å². The van der Waals surface area contributed by atoms with Crippen LogP contribution in [0.5, 0.6) is 5.75 Å². The zero-order chi connectivity index (χ0) is 25.5. The van der Waals surface area contributed by atoms with E-state index in [0.717, 1.165) is 11.1 Å². The molecule has 4 aromatic rings. The molecule has 1 amide bonds. The van der Waals surface area contributed by atoms with Crippen molar-refractivity contribution in [3.05, 3.63) is 95.4 Å². The number of carbonyl (C=O) groups is 1. The van der Waals surface area contributed by atoms with Crippen LogP contribution in [0.3, 0.4) is 0 Å². The van der Waals surface area contributed by atoms with E-state index >= 15 is 0 Å². The van der Waals surface area contributed by atoms with Gasteiger partial charge in [-0.1, -0.05) is 60.7 Å². The Labute approximate surface area is 209 Å². The number of amides is 1. The molecule has 2 heterocycles. The molecular weight excluding hydrogens is 456 g/mol. The van der Waals surface area contributed by atoms with Gasteiger partial charge in [0.2, 0.25) is 11.6 Å². The molecule has 3 N–H and O–H groups in total. The van der Waals surface area contributed by atoms with Crippen LogP contribution in [0, 0.1) is 11.3 Å². The second kappa shape index (κ2) is 11.0. The van der Waals surface area contributed by atoms with Gasteiger partial charge in [-0.2, -0.15) is 5.26 Å². The van der Waals surface area contributed by atoms with Crippen LogP contribution in [0.4, 0.5) is 0 Å². The molecule has 2 aromatic heterocycles. The molecule has 1 atom stereocenters. The Hall–Kier alpha value is -4.26. The van der Waals surface area contributed by atoms with Crippen molar-refractivity contribution in [2.24, 2.45) is 5.73 Å². The summed E-state index contributed by atoms with van der Waals surface area (Å²) in [6.07, 6.45) is 1.62. The molecule has 0 unspecified atom stereocenters. The normalized spacial score (nSPS) is 12.2. The molecule has 0 aliphatic carbocycles. The number of carbonyl (C=O) groups excluding carboxylic acids is 1.